The van der Waals surface area contributed by atoms with Crippen LogP contribution in [0.3, 0.4) is 0 Å². The molecular weight excluding hydrogens is 573 g/mol. The van der Waals surface area contributed by atoms with Crippen molar-refractivity contribution < 1.29 is 13.9 Å². The second kappa shape index (κ2) is 13.2. The highest BCUT2D eigenvalue weighted by molar-refractivity contribution is 5.99. The van der Waals surface area contributed by atoms with Crippen molar-refractivity contribution in [3.05, 3.63) is 84.1 Å². The number of nitrogens with two attached hydrogens (primary N) is 1. The Morgan fingerprint density at radius 1 is 1.09 bits per heavy atom. The average molecular weight is 608 g/mol. The van der Waals surface area contributed by atoms with Gasteiger partial charge in [-0.3, -0.25) is 4.79 Å². The van der Waals surface area contributed by atoms with E-state index in [0.29, 0.717) is 54.2 Å². The predicted molar refractivity (Wildman–Crippen MR) is 168 cm³/mol. The highest BCUT2D eigenvalue weighted by Gasteiger charge is 2.30. The third-order valence-electron chi connectivity index (χ3n) is 8.18. The van der Waals surface area contributed by atoms with E-state index < -0.39 is 5.82 Å². The normalized spacial score (nSPS) is 17.8. The van der Waals surface area contributed by atoms with E-state index in [1.54, 1.807) is 39.9 Å². The number of nitrogens with one attached hydrogen (secondary N) is 1. The molecule has 2 aliphatic rings. The Morgan fingerprint density at radius 3 is 2.64 bits per heavy atom. The fourth-order valence-corrected chi connectivity index (χ4v) is 5.81. The second-order valence-electron chi connectivity index (χ2n) is 11.1. The zero-order chi connectivity index (χ0) is 31.3. The molecule has 2 aromatic heterocycles. The van der Waals surface area contributed by atoms with Crippen molar-refractivity contribution in [1.82, 2.24) is 34.9 Å². The maximum absolute atomic E-state index is 15.6. The van der Waals surface area contributed by atoms with Crippen LogP contribution in [0.1, 0.15) is 25.8 Å². The number of halogens is 1. The molecule has 0 aliphatic carbocycles. The van der Waals surface area contributed by atoms with Crippen molar-refractivity contribution in [2.24, 2.45) is 0 Å². The van der Waals surface area contributed by atoms with Crippen molar-refractivity contribution in [2.75, 3.05) is 45.0 Å². The van der Waals surface area contributed by atoms with Gasteiger partial charge in [0, 0.05) is 56.6 Å². The van der Waals surface area contributed by atoms with Crippen molar-refractivity contribution in [2.45, 2.75) is 25.8 Å². The number of carbonyl (C=O) groups excluding carboxylic acids is 1. The molecule has 2 aliphatic heterocycles. The number of hydrogen-bond donors (Lipinski definition) is 2. The lowest BCUT2D eigenvalue weighted by Gasteiger charge is -2.33. The molecule has 230 valence electrons. The molecule has 2 aromatic carbocycles. The summed E-state index contributed by atoms with van der Waals surface area (Å²) < 4.78 is 23.1. The Labute approximate surface area is 260 Å². The van der Waals surface area contributed by atoms with E-state index in [0.717, 1.165) is 31.9 Å². The fourth-order valence-electron chi connectivity index (χ4n) is 5.81. The van der Waals surface area contributed by atoms with Gasteiger partial charge in [-0.25, -0.2) is 19.0 Å². The fraction of sp³-hybridized carbons (Fsp3) is 0.303. The van der Waals surface area contributed by atoms with Gasteiger partial charge in [0.15, 0.2) is 5.65 Å². The number of fused-ring (bicyclic) bond motifs is 1. The number of piperazine rings is 1. The van der Waals surface area contributed by atoms with Gasteiger partial charge in [0.1, 0.15) is 46.8 Å². The topological polar surface area (TPSA) is 138 Å². The summed E-state index contributed by atoms with van der Waals surface area (Å²) >= 11 is 0. The maximum Gasteiger partial charge on any atom is 0.264 e. The number of nitrogen functional groups attached to an aromatic ring is 1. The molecule has 0 unspecified atom stereocenters. The molecule has 45 heavy (non-hydrogen) atoms. The first kappa shape index (κ1) is 29.8. The number of anilines is 1. The Kier molecular flexibility index (Phi) is 8.70. The summed E-state index contributed by atoms with van der Waals surface area (Å²) in [5.74, 6) is 0.240. The molecule has 12 heteroatoms. The van der Waals surface area contributed by atoms with Gasteiger partial charge < -0.3 is 25.6 Å². The summed E-state index contributed by atoms with van der Waals surface area (Å²) in [6.07, 6.45) is 6.20. The van der Waals surface area contributed by atoms with Gasteiger partial charge in [0.25, 0.3) is 5.91 Å². The number of allylic oxidation sites excluding steroid dienone is 3. The summed E-state index contributed by atoms with van der Waals surface area (Å²) in [5, 5.41) is 18.4. The van der Waals surface area contributed by atoms with Crippen molar-refractivity contribution >= 4 is 22.8 Å². The Bertz CT molecular complexity index is 1810. The summed E-state index contributed by atoms with van der Waals surface area (Å²) in [6, 6.07) is 15.5. The van der Waals surface area contributed by atoms with Gasteiger partial charge >= 0.3 is 0 Å². The lowest BCUT2D eigenvalue weighted by Crippen LogP contribution is -2.42. The molecule has 4 heterocycles. The lowest BCUT2D eigenvalue weighted by atomic mass is 10.0. The van der Waals surface area contributed by atoms with Gasteiger partial charge in [-0.05, 0) is 56.2 Å². The second-order valence-corrected chi connectivity index (χ2v) is 11.1. The van der Waals surface area contributed by atoms with Gasteiger partial charge in [-0.1, -0.05) is 18.2 Å². The minimum absolute atomic E-state index is 0.0719. The van der Waals surface area contributed by atoms with Crippen LogP contribution in [0.2, 0.25) is 0 Å². The first-order valence-electron chi connectivity index (χ1n) is 15.0. The van der Waals surface area contributed by atoms with E-state index in [-0.39, 0.29) is 28.9 Å². The first-order valence-corrected chi connectivity index (χ1v) is 15.0. The van der Waals surface area contributed by atoms with E-state index in [2.05, 4.69) is 26.3 Å². The molecule has 0 radical (unpaired) electrons. The monoisotopic (exact) mass is 607 g/mol. The van der Waals surface area contributed by atoms with Gasteiger partial charge in [-0.15, -0.1) is 0 Å². The van der Waals surface area contributed by atoms with Crippen LogP contribution in [0.4, 0.5) is 10.2 Å². The molecule has 2 saturated heterocycles. The zero-order valence-electron chi connectivity index (χ0n) is 25.0. The largest absolute Gasteiger partial charge is 0.457 e. The highest BCUT2D eigenvalue weighted by Crippen LogP contribution is 2.36. The molecular formula is C33H34FN9O2. The predicted octanol–water partition coefficient (Wildman–Crippen LogP) is 4.43. The number of carbonyl (C=O) groups is 1. The molecule has 0 bridgehead atoms. The Balaban J connectivity index is 1.26. The Morgan fingerprint density at radius 2 is 1.89 bits per heavy atom. The number of aromatic nitrogens is 4. The number of hydrogen-bond acceptors (Lipinski definition) is 9. The number of piperidine rings is 1. The molecule has 3 N–H and O–H groups in total. The van der Waals surface area contributed by atoms with E-state index in [4.69, 9.17) is 15.6 Å². The van der Waals surface area contributed by atoms with Crippen molar-refractivity contribution in [3.63, 3.8) is 0 Å². The molecule has 1 amide bonds. The number of amides is 1. The number of benzene rings is 2. The first-order chi connectivity index (χ1) is 21.9. The standard InChI is InChI=1S/C33H34FN9O2/c1-22(41-16-13-37-14-17-41)9-10-23(19-35)33(44)42-15-5-6-24(20-42)43-32-29(31(36)38-21-39-32)30(40-43)27-12-11-26(18-28(27)34)45-25-7-3-2-4-8-25/h2-4,7-12,18,21,24,37H,5-6,13-17,20H2,1H3,(H2,36,38,39)/b22-9-,23-10-/t24-/m1/s1. The third-order valence-corrected chi connectivity index (χ3v) is 8.18. The summed E-state index contributed by atoms with van der Waals surface area (Å²) in [7, 11) is 0. The number of nitrogens with zero attached hydrogens (tertiary/aromatic N) is 7. The number of ether oxygens (including phenoxy) is 1. The van der Waals surface area contributed by atoms with Crippen LogP contribution in [0, 0.1) is 17.1 Å². The molecule has 4 aromatic rings. The summed E-state index contributed by atoms with van der Waals surface area (Å²) in [5.41, 5.74) is 8.36. The van der Waals surface area contributed by atoms with Crippen molar-refractivity contribution in [1.29, 1.82) is 5.26 Å². The summed E-state index contributed by atoms with van der Waals surface area (Å²) in [6.45, 7) is 6.36. The van der Waals surface area contributed by atoms with Gasteiger partial charge in [0.05, 0.1) is 11.4 Å². The average Bonchev–Trinajstić information content (AvgIpc) is 3.46. The van der Waals surface area contributed by atoms with Crippen LogP contribution in [0.5, 0.6) is 11.5 Å². The number of likely N-dealkylation sites (tertiary alicyclic amines) is 1. The van der Waals surface area contributed by atoms with Crippen LogP contribution in [0.25, 0.3) is 22.3 Å². The van der Waals surface area contributed by atoms with Crippen LogP contribution >= 0.6 is 0 Å². The van der Waals surface area contributed by atoms with Crippen molar-refractivity contribution in [3.8, 4) is 28.8 Å². The van der Waals surface area contributed by atoms with Crippen LogP contribution in [-0.4, -0.2) is 74.7 Å². The number of nitriles is 1. The highest BCUT2D eigenvalue weighted by atomic mass is 19.1. The number of rotatable bonds is 7. The zero-order valence-corrected chi connectivity index (χ0v) is 25.0. The number of para-hydroxylation sites is 1. The SMILES string of the molecule is C/C(=C/C=C(/C#N)C(=O)N1CCC[C@@H](n2nc(-c3ccc(Oc4ccccc4)cc3F)c3c(N)ncnc32)C1)N1CCNCC1. The molecule has 2 fully saturated rings. The van der Waals surface area contributed by atoms with Gasteiger partial charge in [-0.2, -0.15) is 10.4 Å². The van der Waals surface area contributed by atoms with Crippen LogP contribution < -0.4 is 15.8 Å². The Hall–Kier alpha value is -5.28. The molecule has 1 atom stereocenters. The van der Waals surface area contributed by atoms with Crippen LogP contribution in [-0.2, 0) is 4.79 Å². The van der Waals surface area contributed by atoms with E-state index in [1.807, 2.05) is 31.2 Å². The smallest absolute Gasteiger partial charge is 0.264 e. The molecule has 0 spiro atoms. The lowest BCUT2D eigenvalue weighted by molar-refractivity contribution is -0.128. The molecule has 11 nitrogen and oxygen atoms in total. The molecule has 0 saturated carbocycles. The quantitative estimate of drug-likeness (QED) is 0.178. The van der Waals surface area contributed by atoms with E-state index >= 15 is 4.39 Å². The molecule has 6 rings (SSSR count). The minimum Gasteiger partial charge on any atom is -0.457 e. The minimum atomic E-state index is -0.536. The van der Waals surface area contributed by atoms with E-state index in [9.17, 15) is 10.1 Å². The van der Waals surface area contributed by atoms with Crippen LogP contribution in [0.15, 0.2) is 78.3 Å². The third kappa shape index (κ3) is 6.34. The van der Waals surface area contributed by atoms with Gasteiger partial charge in [0.2, 0.25) is 0 Å². The van der Waals surface area contributed by atoms with E-state index in [1.165, 1.54) is 12.4 Å². The summed E-state index contributed by atoms with van der Waals surface area (Å²) in [4.78, 5) is 26.0. The maximum atomic E-state index is 15.6.